The second kappa shape index (κ2) is 6.19. The molecule has 0 saturated heterocycles. The van der Waals surface area contributed by atoms with Gasteiger partial charge in [0.15, 0.2) is 0 Å². The fourth-order valence-corrected chi connectivity index (χ4v) is 3.45. The Bertz CT molecular complexity index is 670. The molecule has 0 radical (unpaired) electrons. The van der Waals surface area contributed by atoms with E-state index in [1.165, 1.54) is 32.4 Å². The molecule has 1 aromatic carbocycles. The van der Waals surface area contributed by atoms with Gasteiger partial charge in [-0.05, 0) is 25.1 Å². The molecule has 114 valence electrons. The summed E-state index contributed by atoms with van der Waals surface area (Å²) < 4.78 is 53.2. The molecule has 0 spiro atoms. The number of nitrogens with zero attached hydrogens (tertiary/aromatic N) is 1. The van der Waals surface area contributed by atoms with Gasteiger partial charge >= 0.3 is 0 Å². The molecule has 0 amide bonds. The van der Waals surface area contributed by atoms with Gasteiger partial charge in [0.2, 0.25) is 20.0 Å². The van der Waals surface area contributed by atoms with Crippen LogP contribution in [0.4, 0.5) is 0 Å². The normalized spacial score (nSPS) is 14.4. The number of primary sulfonamides is 1. The molecule has 7 nitrogen and oxygen atoms in total. The first kappa shape index (κ1) is 17.1. The zero-order chi connectivity index (χ0) is 15.6. The van der Waals surface area contributed by atoms with Gasteiger partial charge in [0.1, 0.15) is 0 Å². The highest BCUT2D eigenvalue weighted by molar-refractivity contribution is 7.90. The van der Waals surface area contributed by atoms with E-state index in [2.05, 4.69) is 0 Å². The summed E-state index contributed by atoms with van der Waals surface area (Å²) in [5, 5.41) is 4.99. The van der Waals surface area contributed by atoms with Crippen LogP contribution >= 0.6 is 0 Å². The zero-order valence-corrected chi connectivity index (χ0v) is 13.1. The highest BCUT2D eigenvalue weighted by Crippen LogP contribution is 2.18. The highest BCUT2D eigenvalue weighted by atomic mass is 32.2. The molecule has 2 N–H and O–H groups in total. The Labute approximate surface area is 119 Å². The van der Waals surface area contributed by atoms with E-state index < -0.39 is 20.0 Å². The van der Waals surface area contributed by atoms with E-state index in [0.29, 0.717) is 0 Å². The topological polar surface area (TPSA) is 107 Å². The molecule has 0 aliphatic heterocycles. The van der Waals surface area contributed by atoms with Crippen molar-refractivity contribution in [1.29, 1.82) is 0 Å². The van der Waals surface area contributed by atoms with Crippen LogP contribution < -0.4 is 5.14 Å². The number of rotatable bonds is 6. The fourth-order valence-electron chi connectivity index (χ4n) is 1.53. The molecule has 1 unspecified atom stereocenters. The van der Waals surface area contributed by atoms with Crippen molar-refractivity contribution < 1.29 is 21.6 Å². The van der Waals surface area contributed by atoms with Crippen LogP contribution in [0.2, 0.25) is 0 Å². The Kier molecular flexibility index (Phi) is 5.27. The van der Waals surface area contributed by atoms with E-state index in [0.717, 1.165) is 10.4 Å². The summed E-state index contributed by atoms with van der Waals surface area (Å²) in [5.41, 5.74) is 0. The lowest BCUT2D eigenvalue weighted by atomic mass is 10.4. The second-order valence-corrected chi connectivity index (χ2v) is 7.96. The van der Waals surface area contributed by atoms with E-state index in [-0.39, 0.29) is 22.4 Å². The number of benzene rings is 1. The molecule has 20 heavy (non-hydrogen) atoms. The second-order valence-electron chi connectivity index (χ2n) is 4.35. The molecule has 0 saturated carbocycles. The van der Waals surface area contributed by atoms with Gasteiger partial charge in [-0.3, -0.25) is 0 Å². The largest absolute Gasteiger partial charge is 0.380 e. The Balaban J connectivity index is 3.16. The highest BCUT2D eigenvalue weighted by Gasteiger charge is 2.23. The van der Waals surface area contributed by atoms with Crippen LogP contribution in [0.15, 0.2) is 34.1 Å². The molecule has 0 fully saturated rings. The average Bonchev–Trinajstić information content (AvgIpc) is 2.37. The lowest BCUT2D eigenvalue weighted by Gasteiger charge is -2.20. The predicted molar refractivity (Wildman–Crippen MR) is 74.1 cm³/mol. The van der Waals surface area contributed by atoms with Crippen molar-refractivity contribution in [2.45, 2.75) is 22.8 Å². The number of nitrogens with two attached hydrogens (primary N) is 1. The third-order valence-electron chi connectivity index (χ3n) is 2.76. The first-order chi connectivity index (χ1) is 9.09. The van der Waals surface area contributed by atoms with Gasteiger partial charge in [0.05, 0.1) is 15.9 Å². The number of likely N-dealkylation sites (N-methyl/N-ethyl adjacent to an activating group) is 1. The summed E-state index contributed by atoms with van der Waals surface area (Å²) in [7, 11) is -4.86. The maximum atomic E-state index is 12.3. The Hall–Kier alpha value is -1.00. The van der Waals surface area contributed by atoms with Crippen LogP contribution in [-0.2, 0) is 24.8 Å². The van der Waals surface area contributed by atoms with E-state index in [4.69, 9.17) is 9.88 Å². The van der Waals surface area contributed by atoms with Crippen LogP contribution in [0.1, 0.15) is 6.92 Å². The maximum absolute atomic E-state index is 12.3. The monoisotopic (exact) mass is 322 g/mol. The van der Waals surface area contributed by atoms with Gasteiger partial charge in [-0.25, -0.2) is 22.0 Å². The average molecular weight is 322 g/mol. The van der Waals surface area contributed by atoms with Gasteiger partial charge in [0.25, 0.3) is 0 Å². The van der Waals surface area contributed by atoms with Crippen molar-refractivity contribution in [3.05, 3.63) is 24.3 Å². The van der Waals surface area contributed by atoms with Gasteiger partial charge in [-0.1, -0.05) is 6.07 Å². The summed E-state index contributed by atoms with van der Waals surface area (Å²) in [4.78, 5) is -0.374. The van der Waals surface area contributed by atoms with E-state index >= 15 is 0 Å². The first-order valence-corrected chi connectivity index (χ1v) is 8.69. The minimum absolute atomic E-state index is 0.130. The molecule has 1 atom stereocenters. The number of ether oxygens (including phenoxy) is 1. The lowest BCUT2D eigenvalue weighted by molar-refractivity contribution is 0.104. The summed E-state index contributed by atoms with van der Waals surface area (Å²) >= 11 is 0. The quantitative estimate of drug-likeness (QED) is 0.792. The van der Waals surface area contributed by atoms with Gasteiger partial charge in [-0.15, -0.1) is 0 Å². The SMILES string of the molecule is COC(C)CN(C)S(=O)(=O)c1cccc(S(N)(=O)=O)c1. The summed E-state index contributed by atoms with van der Waals surface area (Å²) in [5.74, 6) is 0. The number of hydrogen-bond donors (Lipinski definition) is 1. The number of methoxy groups -OCH3 is 1. The molecule has 1 rings (SSSR count). The molecule has 9 heteroatoms. The molecule has 0 aliphatic carbocycles. The standard InChI is InChI=1S/C11H18N2O5S2/c1-9(18-3)8-13(2)20(16,17)11-6-4-5-10(7-11)19(12,14)15/h4-7,9H,8H2,1-3H3,(H2,12,14,15). The predicted octanol–water partition coefficient (Wildman–Crippen LogP) is -0.0106. The van der Waals surface area contributed by atoms with Gasteiger partial charge in [-0.2, -0.15) is 4.31 Å². The Morgan fingerprint density at radius 3 is 2.30 bits per heavy atom. The molecular formula is C11H18N2O5S2. The van der Waals surface area contributed by atoms with Crippen molar-refractivity contribution >= 4 is 20.0 Å². The van der Waals surface area contributed by atoms with Crippen molar-refractivity contribution in [3.63, 3.8) is 0 Å². The molecule has 0 aliphatic rings. The van der Waals surface area contributed by atoms with Gasteiger partial charge in [0, 0.05) is 20.7 Å². The minimum Gasteiger partial charge on any atom is -0.380 e. The third kappa shape index (κ3) is 4.00. The summed E-state index contributed by atoms with van der Waals surface area (Å²) in [6, 6.07) is 4.93. The van der Waals surface area contributed by atoms with Crippen molar-refractivity contribution in [3.8, 4) is 0 Å². The van der Waals surface area contributed by atoms with Crippen molar-refractivity contribution in [2.75, 3.05) is 20.7 Å². The Morgan fingerprint density at radius 2 is 1.80 bits per heavy atom. The molecule has 0 aromatic heterocycles. The third-order valence-corrected chi connectivity index (χ3v) is 5.49. The molecular weight excluding hydrogens is 304 g/mol. The van der Waals surface area contributed by atoms with E-state index in [1.54, 1.807) is 6.92 Å². The van der Waals surface area contributed by atoms with Crippen molar-refractivity contribution in [1.82, 2.24) is 4.31 Å². The molecule has 1 aromatic rings. The smallest absolute Gasteiger partial charge is 0.242 e. The van der Waals surface area contributed by atoms with Crippen LogP contribution in [0.5, 0.6) is 0 Å². The number of sulfonamides is 2. The van der Waals surface area contributed by atoms with Gasteiger partial charge < -0.3 is 4.74 Å². The summed E-state index contributed by atoms with van der Waals surface area (Å²) in [6.07, 6.45) is -0.281. The van der Waals surface area contributed by atoms with Crippen LogP contribution in [0, 0.1) is 0 Å². The number of hydrogen-bond acceptors (Lipinski definition) is 5. The van der Waals surface area contributed by atoms with E-state index in [9.17, 15) is 16.8 Å². The molecule has 0 heterocycles. The van der Waals surface area contributed by atoms with Crippen LogP contribution in [0.25, 0.3) is 0 Å². The maximum Gasteiger partial charge on any atom is 0.242 e. The van der Waals surface area contributed by atoms with E-state index in [1.807, 2.05) is 0 Å². The first-order valence-electron chi connectivity index (χ1n) is 5.71. The van der Waals surface area contributed by atoms with Crippen LogP contribution in [-0.4, -0.2) is 47.9 Å². The molecule has 0 bridgehead atoms. The minimum atomic E-state index is -3.95. The zero-order valence-electron chi connectivity index (χ0n) is 11.5. The van der Waals surface area contributed by atoms with Crippen LogP contribution in [0.3, 0.4) is 0 Å². The Morgan fingerprint density at radius 1 is 1.25 bits per heavy atom. The lowest BCUT2D eigenvalue weighted by Crippen LogP contribution is -2.34. The fraction of sp³-hybridized carbons (Fsp3) is 0.455. The summed E-state index contributed by atoms with van der Waals surface area (Å²) in [6.45, 7) is 1.88. The van der Waals surface area contributed by atoms with Crippen molar-refractivity contribution in [2.24, 2.45) is 5.14 Å².